The molecule has 1 saturated heterocycles. The zero-order valence-electron chi connectivity index (χ0n) is 11.2. The lowest BCUT2D eigenvalue weighted by molar-refractivity contribution is 0.0966. The number of aromatic nitrogens is 1. The maximum absolute atomic E-state index is 13.8. The fourth-order valence-electron chi connectivity index (χ4n) is 2.30. The highest BCUT2D eigenvalue weighted by atomic mass is 19.1. The largest absolute Gasteiger partial charge is 0.393 e. The lowest BCUT2D eigenvalue weighted by Crippen LogP contribution is -2.42. The first kappa shape index (κ1) is 14.0. The van der Waals surface area contributed by atoms with Crippen molar-refractivity contribution in [2.45, 2.75) is 26.4 Å². The third-order valence-corrected chi connectivity index (χ3v) is 3.41. The lowest BCUT2D eigenvalue weighted by atomic mass is 9.97. The Kier molecular flexibility index (Phi) is 4.19. The van der Waals surface area contributed by atoms with E-state index in [-0.39, 0.29) is 23.7 Å². The first-order chi connectivity index (χ1) is 9.02. The molecule has 0 bridgehead atoms. The summed E-state index contributed by atoms with van der Waals surface area (Å²) >= 11 is 0. The lowest BCUT2D eigenvalue weighted by Gasteiger charge is -2.35. The molecule has 6 heteroatoms. The van der Waals surface area contributed by atoms with Gasteiger partial charge in [-0.2, -0.15) is 0 Å². The van der Waals surface area contributed by atoms with Crippen molar-refractivity contribution in [1.29, 1.82) is 0 Å². The summed E-state index contributed by atoms with van der Waals surface area (Å²) in [7, 11) is 0. The second kappa shape index (κ2) is 5.69. The van der Waals surface area contributed by atoms with E-state index >= 15 is 0 Å². The summed E-state index contributed by atoms with van der Waals surface area (Å²) in [6.45, 7) is 5.28. The first-order valence-electron chi connectivity index (χ1n) is 6.55. The molecular formula is C13H19F2N3O. The van der Waals surface area contributed by atoms with Gasteiger partial charge in [0.15, 0.2) is 23.3 Å². The van der Waals surface area contributed by atoms with E-state index in [1.165, 1.54) is 0 Å². The van der Waals surface area contributed by atoms with Crippen LogP contribution in [0.2, 0.25) is 0 Å². The van der Waals surface area contributed by atoms with Gasteiger partial charge in [-0.1, -0.05) is 6.92 Å². The van der Waals surface area contributed by atoms with Gasteiger partial charge in [0.1, 0.15) is 0 Å². The minimum Gasteiger partial charge on any atom is -0.393 e. The summed E-state index contributed by atoms with van der Waals surface area (Å²) in [5.74, 6) is -1.09. The molecule has 2 unspecified atom stereocenters. The van der Waals surface area contributed by atoms with Gasteiger partial charge in [0.2, 0.25) is 0 Å². The van der Waals surface area contributed by atoms with Gasteiger partial charge < -0.3 is 15.3 Å². The van der Waals surface area contributed by atoms with Crippen molar-refractivity contribution in [2.24, 2.45) is 5.92 Å². The van der Waals surface area contributed by atoms with E-state index in [9.17, 15) is 13.9 Å². The van der Waals surface area contributed by atoms with E-state index in [2.05, 4.69) is 10.3 Å². The van der Waals surface area contributed by atoms with Crippen LogP contribution in [-0.2, 0) is 0 Å². The molecule has 1 aromatic rings. The minimum atomic E-state index is -0.687. The molecular weight excluding hydrogens is 252 g/mol. The van der Waals surface area contributed by atoms with E-state index in [1.807, 2.05) is 13.8 Å². The monoisotopic (exact) mass is 271 g/mol. The van der Waals surface area contributed by atoms with Gasteiger partial charge in [-0.05, 0) is 19.3 Å². The summed E-state index contributed by atoms with van der Waals surface area (Å²) in [4.78, 5) is 5.78. The molecule has 2 rings (SSSR count). The number of pyridine rings is 1. The summed E-state index contributed by atoms with van der Waals surface area (Å²) in [6.07, 6.45) is 0.198. The topological polar surface area (TPSA) is 48.4 Å². The predicted molar refractivity (Wildman–Crippen MR) is 70.3 cm³/mol. The first-order valence-corrected chi connectivity index (χ1v) is 6.55. The van der Waals surface area contributed by atoms with Crippen LogP contribution in [0.1, 0.15) is 20.3 Å². The molecule has 1 aliphatic heterocycles. The fraction of sp³-hybridized carbons (Fsp3) is 0.615. The van der Waals surface area contributed by atoms with Crippen LogP contribution in [0.4, 0.5) is 20.4 Å². The van der Waals surface area contributed by atoms with Gasteiger partial charge in [0, 0.05) is 25.7 Å². The molecule has 4 nitrogen and oxygen atoms in total. The van der Waals surface area contributed by atoms with Crippen LogP contribution in [0.3, 0.4) is 0 Å². The van der Waals surface area contributed by atoms with Crippen molar-refractivity contribution in [3.05, 3.63) is 17.7 Å². The molecule has 0 saturated carbocycles. The Morgan fingerprint density at radius 1 is 1.47 bits per heavy atom. The van der Waals surface area contributed by atoms with Gasteiger partial charge in [-0.3, -0.25) is 0 Å². The second-order valence-corrected chi connectivity index (χ2v) is 4.93. The van der Waals surface area contributed by atoms with Gasteiger partial charge in [0.05, 0.1) is 6.10 Å². The zero-order valence-corrected chi connectivity index (χ0v) is 11.2. The van der Waals surface area contributed by atoms with E-state index in [0.717, 1.165) is 6.07 Å². The van der Waals surface area contributed by atoms with Crippen LogP contribution in [0.5, 0.6) is 0 Å². The Labute approximate surface area is 111 Å². The Balaban J connectivity index is 2.26. The number of hydrogen-bond acceptors (Lipinski definition) is 4. The molecule has 2 atom stereocenters. The number of nitrogens with zero attached hydrogens (tertiary/aromatic N) is 2. The van der Waals surface area contributed by atoms with Crippen molar-refractivity contribution in [1.82, 2.24) is 4.98 Å². The molecule has 0 aromatic carbocycles. The molecule has 2 N–H and O–H groups in total. The summed E-state index contributed by atoms with van der Waals surface area (Å²) in [5, 5.41) is 12.5. The third-order valence-electron chi connectivity index (χ3n) is 3.41. The number of piperidine rings is 1. The van der Waals surface area contributed by atoms with Crippen LogP contribution >= 0.6 is 0 Å². The minimum absolute atomic E-state index is 0.0441. The summed E-state index contributed by atoms with van der Waals surface area (Å²) in [6, 6.07) is 0.857. The number of aliphatic hydroxyl groups excluding tert-OH is 1. The van der Waals surface area contributed by atoms with Crippen LogP contribution in [-0.4, -0.2) is 35.8 Å². The van der Waals surface area contributed by atoms with Gasteiger partial charge in [-0.25, -0.2) is 13.8 Å². The number of hydrogen-bond donors (Lipinski definition) is 2. The molecule has 2 heterocycles. The van der Waals surface area contributed by atoms with Crippen molar-refractivity contribution < 1.29 is 13.9 Å². The molecule has 0 amide bonds. The molecule has 0 radical (unpaired) electrons. The number of anilines is 2. The van der Waals surface area contributed by atoms with Crippen molar-refractivity contribution in [2.75, 3.05) is 29.9 Å². The highest BCUT2D eigenvalue weighted by Gasteiger charge is 2.27. The Bertz CT molecular complexity index is 456. The average Bonchev–Trinajstić information content (AvgIpc) is 2.36. The number of halogens is 2. The predicted octanol–water partition coefficient (Wildman–Crippen LogP) is 2.00. The van der Waals surface area contributed by atoms with Crippen LogP contribution in [0, 0.1) is 17.6 Å². The molecule has 0 spiro atoms. The second-order valence-electron chi connectivity index (χ2n) is 4.93. The van der Waals surface area contributed by atoms with Gasteiger partial charge >= 0.3 is 0 Å². The Morgan fingerprint density at radius 2 is 2.21 bits per heavy atom. The van der Waals surface area contributed by atoms with Gasteiger partial charge in [-0.15, -0.1) is 0 Å². The van der Waals surface area contributed by atoms with Crippen LogP contribution in [0.25, 0.3) is 0 Å². The number of aliphatic hydroxyl groups is 1. The quantitative estimate of drug-likeness (QED) is 0.883. The van der Waals surface area contributed by atoms with E-state index < -0.39 is 11.6 Å². The van der Waals surface area contributed by atoms with Crippen molar-refractivity contribution in [3.8, 4) is 0 Å². The molecule has 1 aromatic heterocycles. The Morgan fingerprint density at radius 3 is 2.84 bits per heavy atom. The summed E-state index contributed by atoms with van der Waals surface area (Å²) < 4.78 is 27.3. The highest BCUT2D eigenvalue weighted by Crippen LogP contribution is 2.26. The maximum atomic E-state index is 13.8. The van der Waals surface area contributed by atoms with Crippen molar-refractivity contribution >= 4 is 11.6 Å². The third kappa shape index (κ3) is 2.94. The molecule has 1 fully saturated rings. The average molecular weight is 271 g/mol. The van der Waals surface area contributed by atoms with Crippen LogP contribution in [0.15, 0.2) is 6.07 Å². The van der Waals surface area contributed by atoms with Crippen molar-refractivity contribution in [3.63, 3.8) is 0 Å². The molecule has 19 heavy (non-hydrogen) atoms. The normalized spacial score (nSPS) is 23.5. The molecule has 1 aliphatic rings. The number of nitrogens with one attached hydrogen (secondary N) is 1. The maximum Gasteiger partial charge on any atom is 0.168 e. The van der Waals surface area contributed by atoms with E-state index in [4.69, 9.17) is 0 Å². The van der Waals surface area contributed by atoms with E-state index in [0.29, 0.717) is 26.1 Å². The standard InChI is InChI=1S/C13H19F2N3O/c1-3-16-12-9(14)6-10(15)13(17-12)18-5-4-11(19)8(2)7-18/h6,8,11,19H,3-5,7H2,1-2H3,(H,16,17). The number of rotatable bonds is 3. The highest BCUT2D eigenvalue weighted by molar-refractivity contribution is 5.49. The van der Waals surface area contributed by atoms with E-state index in [1.54, 1.807) is 4.90 Å². The Hall–Kier alpha value is -1.43. The molecule has 0 aliphatic carbocycles. The van der Waals surface area contributed by atoms with Crippen LogP contribution < -0.4 is 10.2 Å². The summed E-state index contributed by atoms with van der Waals surface area (Å²) in [5.41, 5.74) is 0. The zero-order chi connectivity index (χ0) is 14.0. The SMILES string of the molecule is CCNc1nc(N2CCC(O)C(C)C2)c(F)cc1F. The smallest absolute Gasteiger partial charge is 0.168 e. The van der Waals surface area contributed by atoms with Gasteiger partial charge in [0.25, 0.3) is 0 Å². The fourth-order valence-corrected chi connectivity index (χ4v) is 2.30. The molecule has 106 valence electrons.